The topological polar surface area (TPSA) is 32.8 Å². The van der Waals surface area contributed by atoms with Crippen molar-refractivity contribution in [2.45, 2.75) is 19.4 Å². The van der Waals surface area contributed by atoms with Crippen LogP contribution in [0.5, 0.6) is 0 Å². The van der Waals surface area contributed by atoms with Crippen molar-refractivity contribution < 1.29 is 9.53 Å². The zero-order valence-electron chi connectivity index (χ0n) is 15.5. The highest BCUT2D eigenvalue weighted by Crippen LogP contribution is 2.19. The molecule has 1 saturated heterocycles. The number of hydrogen-bond acceptors (Lipinski definition) is 5. The Morgan fingerprint density at radius 3 is 2.46 bits per heavy atom. The van der Waals surface area contributed by atoms with Gasteiger partial charge in [-0.15, -0.1) is 11.3 Å². The molecule has 0 amide bonds. The lowest BCUT2D eigenvalue weighted by atomic mass is 10.1. The van der Waals surface area contributed by atoms with Crippen molar-refractivity contribution in [1.29, 1.82) is 0 Å². The van der Waals surface area contributed by atoms with Gasteiger partial charge in [-0.1, -0.05) is 36.4 Å². The number of ether oxygens (including phenoxy) is 1. The number of benzene rings is 1. The summed E-state index contributed by atoms with van der Waals surface area (Å²) < 4.78 is 5.98. The third kappa shape index (κ3) is 5.48. The summed E-state index contributed by atoms with van der Waals surface area (Å²) >= 11 is 1.54. The van der Waals surface area contributed by atoms with Crippen LogP contribution in [0.4, 0.5) is 0 Å². The van der Waals surface area contributed by atoms with Crippen molar-refractivity contribution in [3.8, 4) is 0 Å². The van der Waals surface area contributed by atoms with Crippen LogP contribution in [0.1, 0.15) is 34.7 Å². The molecular formula is C21H28N2O2S. The largest absolute Gasteiger partial charge is 0.372 e. The number of thiophene rings is 1. The molecule has 0 saturated carbocycles. The van der Waals surface area contributed by atoms with Crippen LogP contribution < -0.4 is 0 Å². The summed E-state index contributed by atoms with van der Waals surface area (Å²) in [6.45, 7) is 8.67. The molecule has 0 radical (unpaired) electrons. The summed E-state index contributed by atoms with van der Waals surface area (Å²) in [5.74, 6) is 0.267. The SMILES string of the molecule is CCOC(CN1CCN(CCC(=O)c2cccs2)CC1)c1ccccc1. The third-order valence-corrected chi connectivity index (χ3v) is 5.79. The van der Waals surface area contributed by atoms with E-state index in [1.54, 1.807) is 0 Å². The highest BCUT2D eigenvalue weighted by atomic mass is 32.1. The Hall–Kier alpha value is -1.53. The van der Waals surface area contributed by atoms with Crippen LogP contribution in [-0.2, 0) is 4.74 Å². The Morgan fingerprint density at radius 1 is 1.08 bits per heavy atom. The Bertz CT molecular complexity index is 652. The van der Waals surface area contributed by atoms with Gasteiger partial charge in [0, 0.05) is 52.3 Å². The lowest BCUT2D eigenvalue weighted by molar-refractivity contribution is 0.0183. The van der Waals surface area contributed by atoms with E-state index in [-0.39, 0.29) is 11.9 Å². The molecule has 0 N–H and O–H groups in total. The predicted octanol–water partition coefficient (Wildman–Crippen LogP) is 3.72. The number of nitrogens with zero attached hydrogens (tertiary/aromatic N) is 2. The van der Waals surface area contributed by atoms with Gasteiger partial charge in [-0.05, 0) is 23.9 Å². The van der Waals surface area contributed by atoms with Gasteiger partial charge in [0.15, 0.2) is 5.78 Å². The first-order chi connectivity index (χ1) is 12.8. The van der Waals surface area contributed by atoms with Crippen LogP contribution in [0.15, 0.2) is 47.8 Å². The van der Waals surface area contributed by atoms with E-state index in [9.17, 15) is 4.79 Å². The molecule has 1 aliphatic rings. The molecule has 1 unspecified atom stereocenters. The van der Waals surface area contributed by atoms with Crippen LogP contribution in [0.3, 0.4) is 0 Å². The maximum Gasteiger partial charge on any atom is 0.174 e. The van der Waals surface area contributed by atoms with Gasteiger partial charge in [0.05, 0.1) is 11.0 Å². The van der Waals surface area contributed by atoms with Gasteiger partial charge in [-0.25, -0.2) is 0 Å². The number of carbonyl (C=O) groups is 1. The van der Waals surface area contributed by atoms with Crippen molar-refractivity contribution in [2.75, 3.05) is 45.9 Å². The molecule has 1 aromatic heterocycles. The fraction of sp³-hybridized carbons (Fsp3) is 0.476. The minimum absolute atomic E-state index is 0.133. The van der Waals surface area contributed by atoms with E-state index >= 15 is 0 Å². The number of ketones is 1. The second kappa shape index (κ2) is 9.97. The number of piperazine rings is 1. The van der Waals surface area contributed by atoms with Crippen LogP contribution in [0.2, 0.25) is 0 Å². The van der Waals surface area contributed by atoms with E-state index < -0.39 is 0 Å². The summed E-state index contributed by atoms with van der Waals surface area (Å²) in [6, 6.07) is 14.3. The first-order valence-corrected chi connectivity index (χ1v) is 10.3. The number of hydrogen-bond donors (Lipinski definition) is 0. The summed E-state index contributed by atoms with van der Waals surface area (Å²) in [6.07, 6.45) is 0.750. The first kappa shape index (κ1) is 19.2. The normalized spacial score (nSPS) is 17.3. The molecule has 5 heteroatoms. The molecule has 2 aromatic rings. The number of carbonyl (C=O) groups excluding carboxylic acids is 1. The van der Waals surface area contributed by atoms with Crippen LogP contribution in [0.25, 0.3) is 0 Å². The van der Waals surface area contributed by atoms with Gasteiger partial charge in [0.2, 0.25) is 0 Å². The summed E-state index contributed by atoms with van der Waals surface area (Å²) in [5.41, 5.74) is 1.25. The molecule has 2 heterocycles. The zero-order chi connectivity index (χ0) is 18.2. The standard InChI is InChI=1S/C21H28N2O2S/c1-2-25-20(18-7-4-3-5-8-18)17-23-14-12-22(13-15-23)11-10-19(24)21-9-6-16-26-21/h3-9,16,20H,2,10-15,17H2,1H3. The van der Waals surface area contributed by atoms with Crippen molar-refractivity contribution >= 4 is 17.1 Å². The lowest BCUT2D eigenvalue weighted by Gasteiger charge is -2.36. The number of rotatable bonds is 9. The van der Waals surface area contributed by atoms with E-state index in [0.29, 0.717) is 6.42 Å². The molecule has 0 spiro atoms. The molecule has 1 fully saturated rings. The Labute approximate surface area is 160 Å². The third-order valence-electron chi connectivity index (χ3n) is 4.88. The molecule has 0 aliphatic carbocycles. The maximum atomic E-state index is 12.1. The van der Waals surface area contributed by atoms with Gasteiger partial charge < -0.3 is 9.64 Å². The average Bonchev–Trinajstić information content (AvgIpc) is 3.22. The van der Waals surface area contributed by atoms with Gasteiger partial charge >= 0.3 is 0 Å². The Kier molecular flexibility index (Phi) is 7.38. The second-order valence-electron chi connectivity index (χ2n) is 6.65. The Balaban J connectivity index is 1.43. The van der Waals surface area contributed by atoms with E-state index in [1.165, 1.54) is 16.9 Å². The molecule has 1 atom stereocenters. The minimum Gasteiger partial charge on any atom is -0.372 e. The van der Waals surface area contributed by atoms with Crippen LogP contribution in [0, 0.1) is 0 Å². The second-order valence-corrected chi connectivity index (χ2v) is 7.60. The molecule has 140 valence electrons. The fourth-order valence-corrected chi connectivity index (χ4v) is 4.07. The quantitative estimate of drug-likeness (QED) is 0.628. The van der Waals surface area contributed by atoms with Crippen molar-refractivity contribution in [3.63, 3.8) is 0 Å². The van der Waals surface area contributed by atoms with Crippen LogP contribution >= 0.6 is 11.3 Å². The van der Waals surface area contributed by atoms with Crippen molar-refractivity contribution in [1.82, 2.24) is 9.80 Å². The van der Waals surface area contributed by atoms with Crippen molar-refractivity contribution in [2.24, 2.45) is 0 Å². The fourth-order valence-electron chi connectivity index (χ4n) is 3.37. The molecule has 26 heavy (non-hydrogen) atoms. The molecule has 4 nitrogen and oxygen atoms in total. The van der Waals surface area contributed by atoms with Crippen molar-refractivity contribution in [3.05, 3.63) is 58.3 Å². The molecule has 1 aromatic carbocycles. The van der Waals surface area contributed by atoms with E-state index in [0.717, 1.165) is 50.8 Å². The van der Waals surface area contributed by atoms with Gasteiger partial charge in [0.1, 0.15) is 0 Å². The van der Waals surface area contributed by atoms with Gasteiger partial charge in [-0.3, -0.25) is 9.69 Å². The van der Waals surface area contributed by atoms with Gasteiger partial charge in [-0.2, -0.15) is 0 Å². The summed E-state index contributed by atoms with van der Waals surface area (Å²) in [7, 11) is 0. The summed E-state index contributed by atoms with van der Waals surface area (Å²) in [5, 5.41) is 1.97. The van der Waals surface area contributed by atoms with Gasteiger partial charge in [0.25, 0.3) is 0 Å². The molecule has 1 aliphatic heterocycles. The molecule has 0 bridgehead atoms. The average molecular weight is 373 g/mol. The smallest absolute Gasteiger partial charge is 0.174 e. The summed E-state index contributed by atoms with van der Waals surface area (Å²) in [4.78, 5) is 17.9. The maximum absolute atomic E-state index is 12.1. The van der Waals surface area contributed by atoms with E-state index in [1.807, 2.05) is 23.6 Å². The van der Waals surface area contributed by atoms with E-state index in [4.69, 9.17) is 4.74 Å². The molecular weight excluding hydrogens is 344 g/mol. The van der Waals surface area contributed by atoms with Crippen LogP contribution in [-0.4, -0.2) is 61.5 Å². The highest BCUT2D eigenvalue weighted by Gasteiger charge is 2.21. The Morgan fingerprint density at radius 2 is 1.81 bits per heavy atom. The zero-order valence-corrected chi connectivity index (χ0v) is 16.3. The van der Waals surface area contributed by atoms with E-state index in [2.05, 4.69) is 41.0 Å². The molecule has 3 rings (SSSR count). The monoisotopic (exact) mass is 372 g/mol. The minimum atomic E-state index is 0.133. The first-order valence-electron chi connectivity index (χ1n) is 9.44. The predicted molar refractivity (Wildman–Crippen MR) is 107 cm³/mol. The number of Topliss-reactive ketones (excluding diaryl/α,β-unsaturated/α-hetero) is 1. The highest BCUT2D eigenvalue weighted by molar-refractivity contribution is 7.12. The lowest BCUT2D eigenvalue weighted by Crippen LogP contribution is -2.48.